The van der Waals surface area contributed by atoms with Crippen LogP contribution in [-0.4, -0.2) is 24.7 Å². The van der Waals surface area contributed by atoms with Crippen LogP contribution in [0.5, 0.6) is 11.5 Å². The van der Waals surface area contributed by atoms with Gasteiger partial charge in [-0.3, -0.25) is 4.79 Å². The fourth-order valence-electron chi connectivity index (χ4n) is 2.24. The maximum atomic E-state index is 12.3. The number of aryl methyl sites for hydroxylation is 1. The van der Waals surface area contributed by atoms with E-state index in [0.717, 1.165) is 17.1 Å². The average molecular weight is 327 g/mol. The third-order valence-electron chi connectivity index (χ3n) is 3.45. The van der Waals surface area contributed by atoms with Crippen LogP contribution in [0.15, 0.2) is 48.5 Å². The summed E-state index contributed by atoms with van der Waals surface area (Å²) in [4.78, 5) is 12.3. The Balaban J connectivity index is 1.86. The van der Waals surface area contributed by atoms with E-state index >= 15 is 0 Å². The third-order valence-corrected chi connectivity index (χ3v) is 3.45. The summed E-state index contributed by atoms with van der Waals surface area (Å²) >= 11 is 0. The predicted octanol–water partition coefficient (Wildman–Crippen LogP) is 3.98. The quantitative estimate of drug-likeness (QED) is 0.837. The molecule has 0 aliphatic rings. The lowest BCUT2D eigenvalue weighted by atomic mass is 10.2. The Morgan fingerprint density at radius 1 is 1.04 bits per heavy atom. The van der Waals surface area contributed by atoms with Crippen molar-refractivity contribution in [2.24, 2.45) is 0 Å². The van der Waals surface area contributed by atoms with Gasteiger partial charge in [-0.1, -0.05) is 18.2 Å². The Hall–Kier alpha value is -2.49. The van der Waals surface area contributed by atoms with Crippen LogP contribution < -0.4 is 14.8 Å². The van der Waals surface area contributed by atoms with Crippen LogP contribution in [0.4, 0.5) is 0 Å². The van der Waals surface area contributed by atoms with E-state index in [9.17, 15) is 4.79 Å². The Morgan fingerprint density at radius 3 is 2.33 bits per heavy atom. The van der Waals surface area contributed by atoms with Crippen molar-refractivity contribution in [3.8, 4) is 11.5 Å². The average Bonchev–Trinajstić information content (AvgIpc) is 2.54. The number of hydrogen-bond acceptors (Lipinski definition) is 3. The minimum Gasteiger partial charge on any atom is -0.491 e. The summed E-state index contributed by atoms with van der Waals surface area (Å²) in [5.41, 5.74) is 1.69. The lowest BCUT2D eigenvalue weighted by Gasteiger charge is -2.16. The highest BCUT2D eigenvalue weighted by molar-refractivity contribution is 5.94. The third kappa shape index (κ3) is 5.30. The first kappa shape index (κ1) is 17.9. The molecule has 24 heavy (non-hydrogen) atoms. The van der Waals surface area contributed by atoms with Crippen molar-refractivity contribution in [1.29, 1.82) is 0 Å². The molecule has 0 spiro atoms. The van der Waals surface area contributed by atoms with E-state index in [-0.39, 0.29) is 18.1 Å². The Morgan fingerprint density at radius 2 is 1.71 bits per heavy atom. The van der Waals surface area contributed by atoms with Gasteiger partial charge < -0.3 is 14.8 Å². The molecule has 0 fully saturated rings. The molecule has 4 nitrogen and oxygen atoms in total. The summed E-state index contributed by atoms with van der Waals surface area (Å²) in [6, 6.07) is 14.9. The van der Waals surface area contributed by atoms with Gasteiger partial charge in [0, 0.05) is 5.56 Å². The molecule has 0 bridgehead atoms. The SMILES string of the molecule is Cc1ccccc1OCC(C)NC(=O)c1ccc(OC(C)C)cc1. The van der Waals surface area contributed by atoms with E-state index < -0.39 is 0 Å². The van der Waals surface area contributed by atoms with Crippen LogP contribution >= 0.6 is 0 Å². The lowest BCUT2D eigenvalue weighted by Crippen LogP contribution is -2.36. The summed E-state index contributed by atoms with van der Waals surface area (Å²) < 4.78 is 11.3. The normalized spacial score (nSPS) is 11.9. The van der Waals surface area contributed by atoms with Gasteiger partial charge in [0.15, 0.2) is 0 Å². The molecule has 0 heterocycles. The molecule has 0 aliphatic carbocycles. The second-order valence-electron chi connectivity index (χ2n) is 6.14. The van der Waals surface area contributed by atoms with Crippen molar-refractivity contribution < 1.29 is 14.3 Å². The molecule has 1 unspecified atom stereocenters. The molecule has 1 atom stereocenters. The van der Waals surface area contributed by atoms with Crippen LogP contribution in [0.2, 0.25) is 0 Å². The monoisotopic (exact) mass is 327 g/mol. The van der Waals surface area contributed by atoms with Crippen molar-refractivity contribution in [3.63, 3.8) is 0 Å². The molecular formula is C20H25NO3. The van der Waals surface area contributed by atoms with Gasteiger partial charge in [-0.05, 0) is 63.6 Å². The minimum atomic E-state index is -0.119. The highest BCUT2D eigenvalue weighted by Gasteiger charge is 2.11. The zero-order chi connectivity index (χ0) is 17.5. The number of rotatable bonds is 7. The smallest absolute Gasteiger partial charge is 0.251 e. The van der Waals surface area contributed by atoms with Gasteiger partial charge in [0.25, 0.3) is 5.91 Å². The molecule has 1 amide bonds. The summed E-state index contributed by atoms with van der Waals surface area (Å²) in [6.45, 7) is 8.28. The molecule has 1 N–H and O–H groups in total. The van der Waals surface area contributed by atoms with Gasteiger partial charge in [-0.15, -0.1) is 0 Å². The molecule has 2 rings (SSSR count). The van der Waals surface area contributed by atoms with Gasteiger partial charge in [-0.2, -0.15) is 0 Å². The van der Waals surface area contributed by atoms with E-state index in [1.54, 1.807) is 12.1 Å². The number of nitrogens with one attached hydrogen (secondary N) is 1. The molecule has 0 radical (unpaired) electrons. The maximum Gasteiger partial charge on any atom is 0.251 e. The Kier molecular flexibility index (Phi) is 6.24. The zero-order valence-corrected chi connectivity index (χ0v) is 14.7. The van der Waals surface area contributed by atoms with E-state index in [0.29, 0.717) is 12.2 Å². The number of carbonyl (C=O) groups is 1. The number of para-hydroxylation sites is 1. The summed E-state index contributed by atoms with van der Waals surface area (Å²) in [5.74, 6) is 1.48. The van der Waals surface area contributed by atoms with Crippen molar-refractivity contribution >= 4 is 5.91 Å². The van der Waals surface area contributed by atoms with E-state index in [1.165, 1.54) is 0 Å². The molecule has 0 saturated carbocycles. The van der Waals surface area contributed by atoms with Gasteiger partial charge >= 0.3 is 0 Å². The van der Waals surface area contributed by atoms with Gasteiger partial charge in [0.2, 0.25) is 0 Å². The molecule has 0 aliphatic heterocycles. The largest absolute Gasteiger partial charge is 0.491 e. The van der Waals surface area contributed by atoms with Crippen LogP contribution in [0.1, 0.15) is 36.7 Å². The fourth-order valence-corrected chi connectivity index (χ4v) is 2.24. The molecule has 4 heteroatoms. The van der Waals surface area contributed by atoms with Gasteiger partial charge in [0.05, 0.1) is 12.1 Å². The number of benzene rings is 2. The van der Waals surface area contributed by atoms with E-state index in [2.05, 4.69) is 5.32 Å². The molecule has 128 valence electrons. The fraction of sp³-hybridized carbons (Fsp3) is 0.350. The van der Waals surface area contributed by atoms with Crippen LogP contribution in [-0.2, 0) is 0 Å². The van der Waals surface area contributed by atoms with Crippen LogP contribution in [0.3, 0.4) is 0 Å². The number of hydrogen-bond donors (Lipinski definition) is 1. The molecule has 2 aromatic carbocycles. The number of carbonyl (C=O) groups excluding carboxylic acids is 1. The first-order valence-corrected chi connectivity index (χ1v) is 8.21. The van der Waals surface area contributed by atoms with Crippen LogP contribution in [0.25, 0.3) is 0 Å². The predicted molar refractivity (Wildman–Crippen MR) is 95.8 cm³/mol. The molecular weight excluding hydrogens is 302 g/mol. The number of amides is 1. The lowest BCUT2D eigenvalue weighted by molar-refractivity contribution is 0.0926. The highest BCUT2D eigenvalue weighted by atomic mass is 16.5. The minimum absolute atomic E-state index is 0.0938. The standard InChI is InChI=1S/C20H25NO3/c1-14(2)24-18-11-9-17(10-12-18)20(22)21-16(4)13-23-19-8-6-5-7-15(19)3/h5-12,14,16H,13H2,1-4H3,(H,21,22). The van der Waals surface area contributed by atoms with Crippen molar-refractivity contribution in [3.05, 3.63) is 59.7 Å². The van der Waals surface area contributed by atoms with Crippen molar-refractivity contribution in [2.75, 3.05) is 6.61 Å². The zero-order valence-electron chi connectivity index (χ0n) is 14.7. The molecule has 0 saturated heterocycles. The second kappa shape index (κ2) is 8.39. The summed E-state index contributed by atoms with van der Waals surface area (Å²) in [7, 11) is 0. The van der Waals surface area contributed by atoms with Gasteiger partial charge in [-0.25, -0.2) is 0 Å². The maximum absolute atomic E-state index is 12.3. The van der Waals surface area contributed by atoms with E-state index in [4.69, 9.17) is 9.47 Å². The summed E-state index contributed by atoms with van der Waals surface area (Å²) in [5, 5.41) is 2.94. The van der Waals surface area contributed by atoms with Gasteiger partial charge in [0.1, 0.15) is 18.1 Å². The van der Waals surface area contributed by atoms with Crippen LogP contribution in [0, 0.1) is 6.92 Å². The Labute approximate surface area is 143 Å². The Bertz CT molecular complexity index is 665. The molecule has 0 aromatic heterocycles. The van der Waals surface area contributed by atoms with E-state index in [1.807, 2.05) is 64.1 Å². The number of ether oxygens (including phenoxy) is 2. The first-order chi connectivity index (χ1) is 11.5. The molecule has 2 aromatic rings. The highest BCUT2D eigenvalue weighted by Crippen LogP contribution is 2.16. The van der Waals surface area contributed by atoms with Crippen molar-refractivity contribution in [2.45, 2.75) is 39.8 Å². The summed E-state index contributed by atoms with van der Waals surface area (Å²) in [6.07, 6.45) is 0.114. The second-order valence-corrected chi connectivity index (χ2v) is 6.14. The topological polar surface area (TPSA) is 47.6 Å². The van der Waals surface area contributed by atoms with Crippen molar-refractivity contribution in [1.82, 2.24) is 5.32 Å². The first-order valence-electron chi connectivity index (χ1n) is 8.21.